The second-order valence-corrected chi connectivity index (χ2v) is 6.53. The molecule has 1 fully saturated rings. The summed E-state index contributed by atoms with van der Waals surface area (Å²) in [6, 6.07) is 13.4. The first-order valence-corrected chi connectivity index (χ1v) is 7.89. The van der Waals surface area contributed by atoms with Crippen LogP contribution in [-0.2, 0) is 5.31 Å². The van der Waals surface area contributed by atoms with E-state index in [1.165, 1.54) is 34.7 Å². The van der Waals surface area contributed by atoms with Gasteiger partial charge in [-0.15, -0.1) is 0 Å². The first-order chi connectivity index (χ1) is 9.58. The van der Waals surface area contributed by atoms with E-state index in [1.807, 2.05) is 0 Å². The second kappa shape index (κ2) is 4.95. The molecular weight excluding hydrogens is 239 g/mol. The van der Waals surface area contributed by atoms with E-state index < -0.39 is 0 Å². The van der Waals surface area contributed by atoms with Crippen molar-refractivity contribution in [2.45, 2.75) is 51.3 Å². The van der Waals surface area contributed by atoms with E-state index in [0.29, 0.717) is 0 Å². The molecule has 1 aliphatic rings. The van der Waals surface area contributed by atoms with E-state index in [9.17, 15) is 0 Å². The molecule has 0 amide bonds. The first-order valence-electron chi connectivity index (χ1n) is 7.89. The first kappa shape index (κ1) is 13.7. The summed E-state index contributed by atoms with van der Waals surface area (Å²) in [6.45, 7) is 6.60. The average molecular weight is 262 g/mol. The van der Waals surface area contributed by atoms with Crippen LogP contribution in [0.1, 0.15) is 57.1 Å². The molecule has 0 bridgehead atoms. The van der Waals surface area contributed by atoms with Crippen molar-refractivity contribution in [3.8, 4) is 0 Å². The van der Waals surface area contributed by atoms with Gasteiger partial charge in [-0.1, -0.05) is 70.0 Å². The highest BCUT2D eigenvalue weighted by Gasteiger charge is 2.37. The van der Waals surface area contributed by atoms with Crippen molar-refractivity contribution in [1.29, 1.82) is 0 Å². The SMILES string of the molecule is [B]C(C)(CC)c1cccc2c(C3CC3CC)cccc12. The summed E-state index contributed by atoms with van der Waals surface area (Å²) in [6.07, 6.45) is 3.61. The lowest BCUT2D eigenvalue weighted by Crippen LogP contribution is -2.21. The van der Waals surface area contributed by atoms with Crippen LogP contribution in [0.25, 0.3) is 10.8 Å². The smallest absolute Gasteiger partial charge is 0.0653 e. The van der Waals surface area contributed by atoms with Gasteiger partial charge in [0.15, 0.2) is 0 Å². The fraction of sp³-hybridized carbons (Fsp3) is 0.474. The normalized spacial score (nSPS) is 24.6. The van der Waals surface area contributed by atoms with E-state index in [-0.39, 0.29) is 5.31 Å². The Hall–Kier alpha value is -1.24. The fourth-order valence-electron chi connectivity index (χ4n) is 3.43. The lowest BCUT2D eigenvalue weighted by atomic mass is 9.63. The topological polar surface area (TPSA) is 0 Å². The molecule has 20 heavy (non-hydrogen) atoms. The van der Waals surface area contributed by atoms with Gasteiger partial charge in [0.05, 0.1) is 7.85 Å². The summed E-state index contributed by atoms with van der Waals surface area (Å²) in [5, 5.41) is 2.51. The molecule has 2 aromatic rings. The van der Waals surface area contributed by atoms with E-state index in [0.717, 1.165) is 18.3 Å². The Kier molecular flexibility index (Phi) is 3.40. The Morgan fingerprint density at radius 3 is 2.45 bits per heavy atom. The molecule has 3 unspecified atom stereocenters. The van der Waals surface area contributed by atoms with Crippen LogP contribution in [0.4, 0.5) is 0 Å². The lowest BCUT2D eigenvalue weighted by Gasteiger charge is -2.26. The zero-order chi connectivity index (χ0) is 14.3. The minimum Gasteiger partial charge on any atom is -0.0653 e. The molecule has 0 spiro atoms. The van der Waals surface area contributed by atoms with Gasteiger partial charge in [-0.2, -0.15) is 0 Å². The molecule has 2 aromatic carbocycles. The van der Waals surface area contributed by atoms with Crippen LogP contribution in [0.2, 0.25) is 0 Å². The van der Waals surface area contributed by atoms with E-state index in [1.54, 1.807) is 0 Å². The lowest BCUT2D eigenvalue weighted by molar-refractivity contribution is 0.654. The van der Waals surface area contributed by atoms with Crippen LogP contribution in [0.3, 0.4) is 0 Å². The van der Waals surface area contributed by atoms with Crippen molar-refractivity contribution in [3.05, 3.63) is 47.5 Å². The number of benzene rings is 2. The van der Waals surface area contributed by atoms with E-state index >= 15 is 0 Å². The maximum atomic E-state index is 6.50. The number of hydrogen-bond acceptors (Lipinski definition) is 0. The largest absolute Gasteiger partial charge is 0.0806 e. The van der Waals surface area contributed by atoms with Gasteiger partial charge in [0.2, 0.25) is 0 Å². The minimum atomic E-state index is -0.244. The molecule has 0 heterocycles. The number of rotatable bonds is 4. The Morgan fingerprint density at radius 2 is 1.80 bits per heavy atom. The monoisotopic (exact) mass is 262 g/mol. The summed E-state index contributed by atoms with van der Waals surface area (Å²) in [5.74, 6) is 1.66. The van der Waals surface area contributed by atoms with Crippen LogP contribution in [0.15, 0.2) is 36.4 Å². The van der Waals surface area contributed by atoms with Gasteiger partial charge in [0, 0.05) is 0 Å². The second-order valence-electron chi connectivity index (χ2n) is 6.53. The van der Waals surface area contributed by atoms with Gasteiger partial charge in [-0.25, -0.2) is 0 Å². The molecule has 3 rings (SSSR count). The molecule has 1 saturated carbocycles. The third-order valence-electron chi connectivity index (χ3n) is 5.15. The third-order valence-corrected chi connectivity index (χ3v) is 5.15. The minimum absolute atomic E-state index is 0.244. The van der Waals surface area contributed by atoms with Crippen molar-refractivity contribution >= 4 is 18.6 Å². The molecule has 0 saturated heterocycles. The van der Waals surface area contributed by atoms with Gasteiger partial charge < -0.3 is 0 Å². The maximum Gasteiger partial charge on any atom is 0.0806 e. The van der Waals surface area contributed by atoms with Crippen molar-refractivity contribution in [1.82, 2.24) is 0 Å². The number of hydrogen-bond donors (Lipinski definition) is 0. The molecule has 0 N–H and O–H groups in total. The van der Waals surface area contributed by atoms with Crippen LogP contribution in [0, 0.1) is 5.92 Å². The van der Waals surface area contributed by atoms with Gasteiger partial charge in [0.25, 0.3) is 0 Å². The quantitative estimate of drug-likeness (QED) is 0.668. The summed E-state index contributed by atoms with van der Waals surface area (Å²) in [5.41, 5.74) is 2.82. The third kappa shape index (κ3) is 2.18. The predicted octanol–water partition coefficient (Wildman–Crippen LogP) is 5.15. The summed E-state index contributed by atoms with van der Waals surface area (Å²) in [7, 11) is 6.50. The van der Waals surface area contributed by atoms with E-state index in [4.69, 9.17) is 7.85 Å². The number of fused-ring (bicyclic) bond motifs is 1. The molecule has 1 heteroatoms. The summed E-state index contributed by atoms with van der Waals surface area (Å²) < 4.78 is 0. The Balaban J connectivity index is 2.15. The standard InChI is InChI=1S/C19H23B/c1-4-13-12-17(13)15-8-6-10-16-14(15)9-7-11-18(16)19(3,20)5-2/h6-11,13,17H,4-5,12H2,1-3H3. The maximum absolute atomic E-state index is 6.50. The molecule has 0 aliphatic heterocycles. The van der Waals surface area contributed by atoms with Crippen molar-refractivity contribution in [2.75, 3.05) is 0 Å². The van der Waals surface area contributed by atoms with Gasteiger partial charge in [0.1, 0.15) is 0 Å². The zero-order valence-corrected chi connectivity index (χ0v) is 12.8. The molecule has 3 atom stereocenters. The van der Waals surface area contributed by atoms with Crippen molar-refractivity contribution in [3.63, 3.8) is 0 Å². The highest BCUT2D eigenvalue weighted by Crippen LogP contribution is 2.51. The Morgan fingerprint density at radius 1 is 1.10 bits per heavy atom. The van der Waals surface area contributed by atoms with Crippen LogP contribution < -0.4 is 0 Å². The molecule has 2 radical (unpaired) electrons. The van der Waals surface area contributed by atoms with Gasteiger partial charge >= 0.3 is 0 Å². The predicted molar refractivity (Wildman–Crippen MR) is 88.5 cm³/mol. The van der Waals surface area contributed by atoms with Crippen LogP contribution in [0.5, 0.6) is 0 Å². The molecule has 1 aliphatic carbocycles. The van der Waals surface area contributed by atoms with Gasteiger partial charge in [-0.3, -0.25) is 0 Å². The molecule has 0 aromatic heterocycles. The van der Waals surface area contributed by atoms with Crippen molar-refractivity contribution in [2.24, 2.45) is 5.92 Å². The Labute approximate surface area is 124 Å². The van der Waals surface area contributed by atoms with Crippen molar-refractivity contribution < 1.29 is 0 Å². The van der Waals surface area contributed by atoms with E-state index in [2.05, 4.69) is 57.2 Å². The molecule has 0 nitrogen and oxygen atoms in total. The molecular formula is C19H23B. The highest BCUT2D eigenvalue weighted by molar-refractivity contribution is 6.17. The highest BCUT2D eigenvalue weighted by atomic mass is 14.4. The van der Waals surface area contributed by atoms with Crippen LogP contribution in [-0.4, -0.2) is 7.85 Å². The Bertz CT molecular complexity index is 627. The average Bonchev–Trinajstić information content (AvgIpc) is 3.25. The van der Waals surface area contributed by atoms with Crippen LogP contribution >= 0.6 is 0 Å². The summed E-state index contributed by atoms with van der Waals surface area (Å²) >= 11 is 0. The zero-order valence-electron chi connectivity index (χ0n) is 12.8. The summed E-state index contributed by atoms with van der Waals surface area (Å²) in [4.78, 5) is 0. The van der Waals surface area contributed by atoms with Gasteiger partial charge in [-0.05, 0) is 45.5 Å². The molecule has 102 valence electrons. The fourth-order valence-corrected chi connectivity index (χ4v) is 3.43.